The molecule has 5 heteroatoms. The van der Waals surface area contributed by atoms with E-state index in [4.69, 9.17) is 4.74 Å². The summed E-state index contributed by atoms with van der Waals surface area (Å²) in [5, 5.41) is 4.12. The van der Waals surface area contributed by atoms with E-state index in [9.17, 15) is 4.79 Å². The zero-order chi connectivity index (χ0) is 12.8. The van der Waals surface area contributed by atoms with E-state index in [-0.39, 0.29) is 12.0 Å². The van der Waals surface area contributed by atoms with Gasteiger partial charge in [0, 0.05) is 31.4 Å². The summed E-state index contributed by atoms with van der Waals surface area (Å²) in [6.45, 7) is 5.07. The molecule has 0 N–H and O–H groups in total. The summed E-state index contributed by atoms with van der Waals surface area (Å²) in [5.41, 5.74) is 1.14. The number of ether oxygens (including phenoxy) is 1. The van der Waals surface area contributed by atoms with E-state index in [1.54, 1.807) is 4.68 Å². The normalized spacial score (nSPS) is 12.8. The number of hydrogen-bond donors (Lipinski definition) is 0. The van der Waals surface area contributed by atoms with E-state index >= 15 is 0 Å². The van der Waals surface area contributed by atoms with Crippen molar-refractivity contribution in [3.05, 3.63) is 18.0 Å². The van der Waals surface area contributed by atoms with Crippen molar-refractivity contribution in [2.45, 2.75) is 32.9 Å². The average molecular weight is 239 g/mol. The maximum atomic E-state index is 11.3. The standard InChI is InChI=1S/C12H21N3O2/c1-5-17-12(16)6-10(2)14(3)8-11-7-13-15(4)9-11/h7,9-10H,5-6,8H2,1-4H3. The molecule has 0 aliphatic carbocycles. The summed E-state index contributed by atoms with van der Waals surface area (Å²) in [4.78, 5) is 13.5. The number of carbonyl (C=O) groups is 1. The summed E-state index contributed by atoms with van der Waals surface area (Å²) >= 11 is 0. The SMILES string of the molecule is CCOC(=O)CC(C)N(C)Cc1cnn(C)c1. The van der Waals surface area contributed by atoms with Crippen LogP contribution in [-0.4, -0.2) is 40.3 Å². The van der Waals surface area contributed by atoms with E-state index in [1.807, 2.05) is 40.3 Å². The smallest absolute Gasteiger partial charge is 0.307 e. The highest BCUT2D eigenvalue weighted by atomic mass is 16.5. The van der Waals surface area contributed by atoms with Gasteiger partial charge in [0.05, 0.1) is 19.2 Å². The Morgan fingerprint density at radius 1 is 1.65 bits per heavy atom. The minimum absolute atomic E-state index is 0.141. The van der Waals surface area contributed by atoms with Crippen molar-refractivity contribution in [1.29, 1.82) is 0 Å². The van der Waals surface area contributed by atoms with E-state index < -0.39 is 0 Å². The van der Waals surface area contributed by atoms with Gasteiger partial charge >= 0.3 is 5.97 Å². The highest BCUT2D eigenvalue weighted by Crippen LogP contribution is 2.08. The van der Waals surface area contributed by atoms with Gasteiger partial charge in [0.15, 0.2) is 0 Å². The first kappa shape index (κ1) is 13.7. The number of esters is 1. The van der Waals surface area contributed by atoms with Crippen LogP contribution in [0.15, 0.2) is 12.4 Å². The molecule has 5 nitrogen and oxygen atoms in total. The Kier molecular flexibility index (Phi) is 5.15. The lowest BCUT2D eigenvalue weighted by Crippen LogP contribution is -2.31. The van der Waals surface area contributed by atoms with Crippen molar-refractivity contribution >= 4 is 5.97 Å². The molecule has 1 unspecified atom stereocenters. The van der Waals surface area contributed by atoms with Gasteiger partial charge in [-0.3, -0.25) is 14.4 Å². The van der Waals surface area contributed by atoms with Gasteiger partial charge in [0.2, 0.25) is 0 Å². The molecule has 0 saturated heterocycles. The zero-order valence-corrected chi connectivity index (χ0v) is 11.0. The zero-order valence-electron chi connectivity index (χ0n) is 11.0. The molecule has 1 aromatic rings. The third-order valence-corrected chi connectivity index (χ3v) is 2.71. The fraction of sp³-hybridized carbons (Fsp3) is 0.667. The van der Waals surface area contributed by atoms with Crippen LogP contribution in [0.2, 0.25) is 0 Å². The van der Waals surface area contributed by atoms with Gasteiger partial charge in [0.25, 0.3) is 0 Å². The molecule has 0 aromatic carbocycles. The van der Waals surface area contributed by atoms with E-state index in [1.165, 1.54) is 0 Å². The van der Waals surface area contributed by atoms with Gasteiger partial charge in [-0.1, -0.05) is 0 Å². The van der Waals surface area contributed by atoms with E-state index in [0.29, 0.717) is 13.0 Å². The van der Waals surface area contributed by atoms with Crippen LogP contribution in [0.4, 0.5) is 0 Å². The van der Waals surface area contributed by atoms with Crippen molar-refractivity contribution in [2.24, 2.45) is 7.05 Å². The summed E-state index contributed by atoms with van der Waals surface area (Å²) in [7, 11) is 3.89. The van der Waals surface area contributed by atoms with Crippen LogP contribution in [0.3, 0.4) is 0 Å². The predicted molar refractivity (Wildman–Crippen MR) is 65.4 cm³/mol. The van der Waals surface area contributed by atoms with Crippen LogP contribution >= 0.6 is 0 Å². The molecule has 96 valence electrons. The van der Waals surface area contributed by atoms with Crippen molar-refractivity contribution in [2.75, 3.05) is 13.7 Å². The minimum atomic E-state index is -0.141. The molecule has 1 atom stereocenters. The number of aromatic nitrogens is 2. The summed E-state index contributed by atoms with van der Waals surface area (Å²) in [6.07, 6.45) is 4.24. The van der Waals surface area contributed by atoms with Crippen LogP contribution in [0.1, 0.15) is 25.8 Å². The Morgan fingerprint density at radius 2 is 2.35 bits per heavy atom. The Bertz CT molecular complexity index is 362. The summed E-state index contributed by atoms with van der Waals surface area (Å²) < 4.78 is 6.71. The first-order chi connectivity index (χ1) is 8.02. The molecule has 1 aromatic heterocycles. The highest BCUT2D eigenvalue weighted by Gasteiger charge is 2.15. The van der Waals surface area contributed by atoms with Crippen LogP contribution in [-0.2, 0) is 23.1 Å². The van der Waals surface area contributed by atoms with Crippen molar-refractivity contribution in [3.8, 4) is 0 Å². The number of aryl methyl sites for hydroxylation is 1. The topological polar surface area (TPSA) is 47.4 Å². The molecular weight excluding hydrogens is 218 g/mol. The Hall–Kier alpha value is -1.36. The maximum absolute atomic E-state index is 11.3. The third-order valence-electron chi connectivity index (χ3n) is 2.71. The monoisotopic (exact) mass is 239 g/mol. The fourth-order valence-corrected chi connectivity index (χ4v) is 1.61. The third kappa shape index (κ3) is 4.56. The quantitative estimate of drug-likeness (QED) is 0.700. The number of hydrogen-bond acceptors (Lipinski definition) is 4. The second-order valence-electron chi connectivity index (χ2n) is 4.30. The molecule has 0 saturated carbocycles. The largest absolute Gasteiger partial charge is 0.466 e. The molecule has 1 rings (SSSR count). The molecular formula is C12H21N3O2. The second kappa shape index (κ2) is 6.39. The number of carbonyl (C=O) groups excluding carboxylic acids is 1. The molecule has 0 fully saturated rings. The van der Waals surface area contributed by atoms with E-state index in [0.717, 1.165) is 12.1 Å². The van der Waals surface area contributed by atoms with Gasteiger partial charge in [-0.15, -0.1) is 0 Å². The lowest BCUT2D eigenvalue weighted by atomic mass is 10.2. The summed E-state index contributed by atoms with van der Waals surface area (Å²) in [5.74, 6) is -0.141. The van der Waals surface area contributed by atoms with Gasteiger partial charge < -0.3 is 4.74 Å². The number of rotatable bonds is 6. The first-order valence-corrected chi connectivity index (χ1v) is 5.86. The highest BCUT2D eigenvalue weighted by molar-refractivity contribution is 5.69. The van der Waals surface area contributed by atoms with Gasteiger partial charge in [0.1, 0.15) is 0 Å². The van der Waals surface area contributed by atoms with Crippen LogP contribution in [0.5, 0.6) is 0 Å². The van der Waals surface area contributed by atoms with Crippen molar-refractivity contribution in [3.63, 3.8) is 0 Å². The summed E-state index contributed by atoms with van der Waals surface area (Å²) in [6, 6.07) is 0.161. The molecule has 0 radical (unpaired) electrons. The lowest BCUT2D eigenvalue weighted by Gasteiger charge is -2.23. The molecule has 1 heterocycles. The Balaban J connectivity index is 2.41. The maximum Gasteiger partial charge on any atom is 0.307 e. The molecule has 0 bridgehead atoms. The van der Waals surface area contributed by atoms with Crippen LogP contribution < -0.4 is 0 Å². The second-order valence-corrected chi connectivity index (χ2v) is 4.30. The van der Waals surface area contributed by atoms with Gasteiger partial charge in [-0.2, -0.15) is 5.10 Å². The first-order valence-electron chi connectivity index (χ1n) is 5.86. The molecule has 0 spiro atoms. The van der Waals surface area contributed by atoms with Gasteiger partial charge in [-0.05, 0) is 20.9 Å². The van der Waals surface area contributed by atoms with E-state index in [2.05, 4.69) is 10.00 Å². The van der Waals surface area contributed by atoms with Crippen LogP contribution in [0, 0.1) is 0 Å². The van der Waals surface area contributed by atoms with Gasteiger partial charge in [-0.25, -0.2) is 0 Å². The Morgan fingerprint density at radius 3 is 2.88 bits per heavy atom. The fourth-order valence-electron chi connectivity index (χ4n) is 1.61. The molecule has 0 aliphatic heterocycles. The Labute approximate surface area is 102 Å². The van der Waals surface area contributed by atoms with Crippen molar-refractivity contribution < 1.29 is 9.53 Å². The predicted octanol–water partition coefficient (Wildman–Crippen LogP) is 1.19. The van der Waals surface area contributed by atoms with Crippen LogP contribution in [0.25, 0.3) is 0 Å². The number of nitrogens with zero attached hydrogens (tertiary/aromatic N) is 3. The molecule has 0 aliphatic rings. The molecule has 0 amide bonds. The molecule has 17 heavy (non-hydrogen) atoms. The van der Waals surface area contributed by atoms with Crippen molar-refractivity contribution in [1.82, 2.24) is 14.7 Å². The lowest BCUT2D eigenvalue weighted by molar-refractivity contribution is -0.144. The average Bonchev–Trinajstić information content (AvgIpc) is 2.64. The minimum Gasteiger partial charge on any atom is -0.466 e.